The topological polar surface area (TPSA) is 188 Å². The van der Waals surface area contributed by atoms with E-state index < -0.39 is 56.0 Å². The molecule has 0 saturated carbocycles. The lowest BCUT2D eigenvalue weighted by Gasteiger charge is -2.45. The molecule has 0 spiro atoms. The van der Waals surface area contributed by atoms with Crippen molar-refractivity contribution in [2.75, 3.05) is 102 Å². The van der Waals surface area contributed by atoms with Crippen LogP contribution in [0.2, 0.25) is 109 Å². The molecule has 0 heterocycles. The first kappa shape index (κ1) is 133. The van der Waals surface area contributed by atoms with Gasteiger partial charge < -0.3 is 89.8 Å². The number of aliphatic hydroxyl groups excluding tert-OH is 2. The molecule has 0 saturated heterocycles. The zero-order valence-electron chi connectivity index (χ0n) is 99.6. The summed E-state index contributed by atoms with van der Waals surface area (Å²) in [7, 11) is -0.906. The van der Waals surface area contributed by atoms with E-state index in [1.165, 1.54) is 0 Å². The minimum Gasteiger partial charge on any atom is -0.497 e. The first-order valence-electron chi connectivity index (χ1n) is 53.3. The van der Waals surface area contributed by atoms with Gasteiger partial charge in [-0.05, 0) is 250 Å². The molecule has 0 aliphatic heterocycles. The molecule has 0 aliphatic rings. The summed E-state index contributed by atoms with van der Waals surface area (Å²) in [5.74, 6) is 6.23. The monoisotopic (exact) mass is 2070 g/mol. The summed E-state index contributed by atoms with van der Waals surface area (Å²) in [6, 6.07) is 32.5. The lowest BCUT2D eigenvalue weighted by atomic mass is 9.89. The summed E-state index contributed by atoms with van der Waals surface area (Å²) in [6.07, 6.45) is -0.0664. The van der Waals surface area contributed by atoms with Gasteiger partial charge in [-0.3, -0.25) is 0 Å². The number of nitrogens with one attached hydrogen (secondary N) is 1. The normalized spacial score (nSPS) is 18.0. The van der Waals surface area contributed by atoms with Gasteiger partial charge in [-0.1, -0.05) is 256 Å². The maximum atomic E-state index is 10.4. The lowest BCUT2D eigenvalue weighted by Crippen LogP contribution is -2.51. The maximum absolute atomic E-state index is 10.4. The number of nitrogens with zero attached hydrogens (tertiary/aromatic N) is 2. The van der Waals surface area contributed by atoms with Crippen LogP contribution in [-0.2, 0) is 71.9 Å². The summed E-state index contributed by atoms with van der Waals surface area (Å²) < 4.78 is 89.6. The summed E-state index contributed by atoms with van der Waals surface area (Å²) in [4.78, 5) is 4.89. The Labute approximate surface area is 867 Å². The maximum Gasteiger partial charge on any atom is 0.192 e. The number of aliphatic hydroxyl groups is 2. The number of methoxy groups -OCH3 is 4. The SMILES string of the molecule is CC(O)C(C)C(O[Si](C)(C)C(C)(C)C)C(C)CN(C)CC(C)C(O[Si](C)(C)C(C)(C)C)C(C)CO.COc1ccc(COCC(C)C(O[Si](C)(C)C(C)(C)C)C(C)CN(C)CC(C)C(O[Si](C)(C)C(C)(C)C)C(C)C(C)OCc2ccc(OC)cc2)cc1.COc1ccc(COCC(C)C(O[Si](C)(C)C(C)(C)C)C(C)CNCC(C)C(O[Si](C)(C)C(C)(C)C)C(C)C(C)OCc2ccc(OC)cc2)cc1. The van der Waals surface area contributed by atoms with Crippen molar-refractivity contribution in [1.29, 1.82) is 0 Å². The Kier molecular flexibility index (Phi) is 55.3. The van der Waals surface area contributed by atoms with E-state index in [1.54, 1.807) is 28.4 Å². The first-order chi connectivity index (χ1) is 63.9. The van der Waals surface area contributed by atoms with Crippen molar-refractivity contribution < 1.29 is 74.7 Å². The van der Waals surface area contributed by atoms with E-state index in [4.69, 9.17) is 64.5 Å². The van der Waals surface area contributed by atoms with Crippen LogP contribution in [0.3, 0.4) is 0 Å². The highest BCUT2D eigenvalue weighted by Crippen LogP contribution is 2.47. The smallest absolute Gasteiger partial charge is 0.192 e. The van der Waals surface area contributed by atoms with Gasteiger partial charge in [0.05, 0.1) is 123 Å². The molecule has 4 rings (SSSR count). The fourth-order valence-electron chi connectivity index (χ4n) is 16.5. The van der Waals surface area contributed by atoms with Crippen molar-refractivity contribution >= 4 is 49.9 Å². The third-order valence-corrected chi connectivity index (χ3v) is 59.7. The molecule has 140 heavy (non-hydrogen) atoms. The van der Waals surface area contributed by atoms with Crippen LogP contribution in [0.1, 0.15) is 251 Å². The number of hydrogen-bond donors (Lipinski definition) is 3. The molecule has 0 fully saturated rings. The molecule has 3 N–H and O–H groups in total. The second-order valence-electron chi connectivity index (χ2n) is 51.9. The molecule has 0 bridgehead atoms. The summed E-state index contributed by atoms with van der Waals surface area (Å²) in [5, 5.41) is 25.0. The molecule has 0 radical (unpaired) electrons. The number of ether oxygens (including phenoxy) is 8. The van der Waals surface area contributed by atoms with Gasteiger partial charge in [-0.2, -0.15) is 0 Å². The fourth-order valence-corrected chi connectivity index (χ4v) is 25.4. The highest BCUT2D eigenvalue weighted by atomic mass is 28.4. The fraction of sp³-hybridized carbons (Fsp3) is 0.791. The average Bonchev–Trinajstić information content (AvgIpc) is 0.822. The van der Waals surface area contributed by atoms with Gasteiger partial charge in [-0.15, -0.1) is 0 Å². The van der Waals surface area contributed by atoms with Crippen LogP contribution in [-0.4, -0.2) is 226 Å². The second kappa shape index (κ2) is 58.2. The number of hydrogen-bond acceptors (Lipinski definition) is 19. The van der Waals surface area contributed by atoms with E-state index >= 15 is 0 Å². The molecule has 0 aromatic heterocycles. The third-order valence-electron chi connectivity index (χ3n) is 32.8. The van der Waals surface area contributed by atoms with Crippen molar-refractivity contribution in [1.82, 2.24) is 15.1 Å². The van der Waals surface area contributed by atoms with Gasteiger partial charge in [0.2, 0.25) is 0 Å². The van der Waals surface area contributed by atoms with Crippen LogP contribution >= 0.6 is 0 Å². The summed E-state index contributed by atoms with van der Waals surface area (Å²) >= 11 is 0. The van der Waals surface area contributed by atoms with E-state index in [0.717, 1.165) is 84.5 Å². The third kappa shape index (κ3) is 43.8. The Morgan fingerprint density at radius 1 is 0.279 bits per heavy atom. The Morgan fingerprint density at radius 3 is 0.707 bits per heavy atom. The largest absolute Gasteiger partial charge is 0.497 e. The van der Waals surface area contributed by atoms with Gasteiger partial charge in [0.1, 0.15) is 23.0 Å². The van der Waals surface area contributed by atoms with Gasteiger partial charge in [0, 0.05) is 81.4 Å². The van der Waals surface area contributed by atoms with Gasteiger partial charge >= 0.3 is 0 Å². The van der Waals surface area contributed by atoms with E-state index in [1.807, 2.05) is 55.5 Å². The van der Waals surface area contributed by atoms with Crippen molar-refractivity contribution in [2.45, 2.75) is 419 Å². The molecular weight excluding hydrogens is 1850 g/mol. The Morgan fingerprint density at radius 2 is 0.479 bits per heavy atom. The highest BCUT2D eigenvalue weighted by molar-refractivity contribution is 6.76. The average molecular weight is 2070 g/mol. The lowest BCUT2D eigenvalue weighted by molar-refractivity contribution is -0.0441. The van der Waals surface area contributed by atoms with Crippen LogP contribution in [0.25, 0.3) is 0 Å². The quantitative estimate of drug-likeness (QED) is 0.0354. The van der Waals surface area contributed by atoms with E-state index in [9.17, 15) is 10.2 Å². The standard InChI is InChI=1S/C44H79NO6Si2.C43H77NO6Si2.C28H63NO4Si2/c1-32(41(50-52(15,16)43(6,7)8)34(3)29-48-30-37-19-23-39(46-13)24-20-37)27-45(12)28-33(2)42(51-53(17,18)44(9,10)11)35(4)36(5)49-31-38-21-25-40(47-14)26-22-38;1-31(40(49-51(14,15)42(6,7)8)33(3)28-47-29-36-18-22-38(45-12)23-19-36)26-44-27-32(2)41(50-52(16,17)43(9,10)11)34(4)35(5)48-30-37-20-24-39(46-13)25-21-37;1-20(25(22(3)19-30)32-34(13,14)27(6,7)8)17-29(12)18-21(2)26(23(4)24(5)31)33-35(15,16)28(9,10)11/h19-26,32-36,41-42H,27-31H2,1-18H3;18-25,31-35,40-41,44H,26-30H2,1-17H3;20-26,30-31H,17-19H2,1-16H3. The number of benzene rings is 4. The minimum atomic E-state index is -2.06. The van der Waals surface area contributed by atoms with Crippen molar-refractivity contribution in [3.63, 3.8) is 0 Å². The molecular formula is C115H219N3O16Si6. The predicted octanol–water partition coefficient (Wildman–Crippen LogP) is 28.4. The molecule has 814 valence electrons. The molecule has 21 unspecified atom stereocenters. The molecule has 25 heteroatoms. The van der Waals surface area contributed by atoms with Gasteiger partial charge in [-0.25, -0.2) is 0 Å². The Bertz CT molecular complexity index is 4010. The van der Waals surface area contributed by atoms with Crippen LogP contribution in [0.15, 0.2) is 97.1 Å². The van der Waals surface area contributed by atoms with Gasteiger partial charge in [0.15, 0.2) is 49.9 Å². The molecule has 21 atom stereocenters. The van der Waals surface area contributed by atoms with E-state index in [0.29, 0.717) is 57.4 Å². The predicted molar refractivity (Wildman–Crippen MR) is 609 cm³/mol. The summed E-state index contributed by atoms with van der Waals surface area (Å²) in [6.45, 7) is 112. The zero-order chi connectivity index (χ0) is 108. The van der Waals surface area contributed by atoms with Crippen LogP contribution in [0, 0.1) is 71.0 Å². The molecule has 0 aliphatic carbocycles. The Balaban J connectivity index is 0.000000727. The van der Waals surface area contributed by atoms with Crippen LogP contribution in [0.4, 0.5) is 0 Å². The number of rotatable bonds is 58. The Hall–Kier alpha value is -3.22. The van der Waals surface area contributed by atoms with Crippen LogP contribution < -0.4 is 24.3 Å². The molecule has 0 amide bonds. The van der Waals surface area contributed by atoms with E-state index in [2.05, 4.69) is 378 Å². The summed E-state index contributed by atoms with van der Waals surface area (Å²) in [5.41, 5.74) is 4.57. The zero-order valence-corrected chi connectivity index (χ0v) is 106. The van der Waals surface area contributed by atoms with Gasteiger partial charge in [0.25, 0.3) is 0 Å². The van der Waals surface area contributed by atoms with Crippen LogP contribution in [0.5, 0.6) is 23.0 Å². The second-order valence-corrected chi connectivity index (χ2v) is 80.4. The van der Waals surface area contributed by atoms with Crippen molar-refractivity contribution in [3.05, 3.63) is 119 Å². The minimum absolute atomic E-state index is 0.00397. The van der Waals surface area contributed by atoms with E-state index in [-0.39, 0.29) is 139 Å². The molecule has 4 aromatic carbocycles. The van der Waals surface area contributed by atoms with Crippen molar-refractivity contribution in [3.8, 4) is 23.0 Å². The first-order valence-corrected chi connectivity index (χ1v) is 70.7. The molecule has 19 nitrogen and oxygen atoms in total. The molecule has 4 aromatic rings. The highest BCUT2D eigenvalue weighted by Gasteiger charge is 2.49. The van der Waals surface area contributed by atoms with Crippen molar-refractivity contribution in [2.24, 2.45) is 71.0 Å².